The number of rotatable bonds is 8. The molecule has 0 aromatic rings. The number of carbonyl (C=O) groups is 1. The summed E-state index contributed by atoms with van der Waals surface area (Å²) in [5.41, 5.74) is 0. The largest absolute Gasteiger partial charge is 0.469 e. The van der Waals surface area contributed by atoms with Gasteiger partial charge in [0.05, 0.1) is 19.6 Å². The Morgan fingerprint density at radius 1 is 1.44 bits per heavy atom. The molecule has 1 saturated heterocycles. The van der Waals surface area contributed by atoms with E-state index in [0.717, 1.165) is 39.0 Å². The van der Waals surface area contributed by atoms with Gasteiger partial charge in [0.25, 0.3) is 0 Å². The summed E-state index contributed by atoms with van der Waals surface area (Å²) in [6.45, 7) is 7.02. The number of hydrogen-bond acceptors (Lipinski definition) is 4. The number of carbonyl (C=O) groups excluding carboxylic acids is 1. The van der Waals surface area contributed by atoms with Crippen molar-refractivity contribution >= 4 is 5.97 Å². The third-order valence-corrected chi connectivity index (χ3v) is 3.75. The maximum absolute atomic E-state index is 11.3. The van der Waals surface area contributed by atoms with Crippen LogP contribution in [-0.2, 0) is 14.3 Å². The van der Waals surface area contributed by atoms with E-state index in [0.29, 0.717) is 18.6 Å². The van der Waals surface area contributed by atoms with E-state index in [1.165, 1.54) is 13.5 Å². The second-order valence-corrected chi connectivity index (χ2v) is 4.93. The highest BCUT2D eigenvalue weighted by molar-refractivity contribution is 5.69. The first-order chi connectivity index (χ1) is 8.71. The smallest absolute Gasteiger partial charge is 0.306 e. The topological polar surface area (TPSA) is 38.8 Å². The Morgan fingerprint density at radius 2 is 2.17 bits per heavy atom. The number of nitrogens with zero attached hydrogens (tertiary/aromatic N) is 1. The fraction of sp³-hybridized carbons (Fsp3) is 0.929. The van der Waals surface area contributed by atoms with E-state index >= 15 is 0 Å². The van der Waals surface area contributed by atoms with Gasteiger partial charge in [-0.3, -0.25) is 9.69 Å². The Labute approximate surface area is 111 Å². The van der Waals surface area contributed by atoms with Gasteiger partial charge in [-0.25, -0.2) is 0 Å². The van der Waals surface area contributed by atoms with Crippen LogP contribution in [0.3, 0.4) is 0 Å². The van der Waals surface area contributed by atoms with Crippen molar-refractivity contribution in [3.8, 4) is 0 Å². The van der Waals surface area contributed by atoms with Crippen molar-refractivity contribution in [1.29, 1.82) is 0 Å². The van der Waals surface area contributed by atoms with Gasteiger partial charge in [0.15, 0.2) is 0 Å². The molecular weight excluding hydrogens is 230 g/mol. The van der Waals surface area contributed by atoms with Gasteiger partial charge in [0.1, 0.15) is 0 Å². The fourth-order valence-corrected chi connectivity index (χ4v) is 2.61. The minimum absolute atomic E-state index is 0.127. The minimum atomic E-state index is -0.127. The van der Waals surface area contributed by atoms with E-state index in [9.17, 15) is 4.79 Å². The molecule has 1 heterocycles. The van der Waals surface area contributed by atoms with Crippen LogP contribution in [-0.4, -0.2) is 49.8 Å². The summed E-state index contributed by atoms with van der Waals surface area (Å²) in [5.74, 6) is -0.127. The van der Waals surface area contributed by atoms with Crippen molar-refractivity contribution in [1.82, 2.24) is 4.90 Å². The molecule has 0 aliphatic carbocycles. The molecule has 0 aromatic heterocycles. The van der Waals surface area contributed by atoms with Crippen LogP contribution in [0.15, 0.2) is 0 Å². The van der Waals surface area contributed by atoms with Crippen LogP contribution >= 0.6 is 0 Å². The zero-order valence-electron chi connectivity index (χ0n) is 12.0. The van der Waals surface area contributed by atoms with Crippen molar-refractivity contribution in [2.75, 3.05) is 26.8 Å². The highest BCUT2D eigenvalue weighted by Gasteiger charge is 2.23. The highest BCUT2D eigenvalue weighted by Crippen LogP contribution is 2.17. The highest BCUT2D eigenvalue weighted by atomic mass is 16.5. The Kier molecular flexibility index (Phi) is 7.28. The molecule has 0 N–H and O–H groups in total. The standard InChI is InChI=1S/C14H27NO3/c1-4-12(5-2)15(9-8-14(16)17-3)11-13-7-6-10-18-13/h12-13H,4-11H2,1-3H3. The number of hydrogen-bond donors (Lipinski definition) is 0. The van der Waals surface area contributed by atoms with Crippen molar-refractivity contribution < 1.29 is 14.3 Å². The molecule has 0 aromatic carbocycles. The third kappa shape index (κ3) is 4.94. The average Bonchev–Trinajstić information content (AvgIpc) is 2.89. The predicted molar refractivity (Wildman–Crippen MR) is 71.6 cm³/mol. The molecule has 1 aliphatic heterocycles. The Balaban J connectivity index is 2.47. The summed E-state index contributed by atoms with van der Waals surface area (Å²) in [6.07, 6.45) is 5.37. The van der Waals surface area contributed by atoms with Gasteiger partial charge < -0.3 is 9.47 Å². The van der Waals surface area contributed by atoms with Crippen LogP contribution in [0.5, 0.6) is 0 Å². The van der Waals surface area contributed by atoms with Gasteiger partial charge in [0, 0.05) is 25.7 Å². The molecule has 1 aliphatic rings. The van der Waals surface area contributed by atoms with Crippen LogP contribution in [0.1, 0.15) is 46.0 Å². The summed E-state index contributed by atoms with van der Waals surface area (Å²) in [6, 6.07) is 0.541. The summed E-state index contributed by atoms with van der Waals surface area (Å²) >= 11 is 0. The lowest BCUT2D eigenvalue weighted by Crippen LogP contribution is -2.41. The molecule has 18 heavy (non-hydrogen) atoms. The summed E-state index contributed by atoms with van der Waals surface area (Å²) < 4.78 is 10.4. The number of methoxy groups -OCH3 is 1. The second kappa shape index (κ2) is 8.48. The molecule has 4 heteroatoms. The van der Waals surface area contributed by atoms with Gasteiger partial charge in [-0.2, -0.15) is 0 Å². The van der Waals surface area contributed by atoms with Crippen molar-refractivity contribution in [2.45, 2.75) is 58.1 Å². The van der Waals surface area contributed by atoms with Crippen LogP contribution in [0, 0.1) is 0 Å². The van der Waals surface area contributed by atoms with Gasteiger partial charge in [0.2, 0.25) is 0 Å². The third-order valence-electron chi connectivity index (χ3n) is 3.75. The van der Waals surface area contributed by atoms with Crippen molar-refractivity contribution in [3.05, 3.63) is 0 Å². The lowest BCUT2D eigenvalue weighted by atomic mass is 10.1. The van der Waals surface area contributed by atoms with Gasteiger partial charge in [-0.05, 0) is 25.7 Å². The molecule has 0 spiro atoms. The van der Waals surface area contributed by atoms with Crippen LogP contribution in [0.25, 0.3) is 0 Å². The van der Waals surface area contributed by atoms with E-state index < -0.39 is 0 Å². The summed E-state index contributed by atoms with van der Waals surface area (Å²) in [4.78, 5) is 13.7. The quantitative estimate of drug-likeness (QED) is 0.625. The molecule has 0 saturated carbocycles. The Bertz CT molecular complexity index is 235. The normalized spacial score (nSPS) is 19.7. The maximum atomic E-state index is 11.3. The average molecular weight is 257 g/mol. The molecule has 4 nitrogen and oxygen atoms in total. The summed E-state index contributed by atoms with van der Waals surface area (Å²) in [7, 11) is 1.45. The first-order valence-corrected chi connectivity index (χ1v) is 7.13. The lowest BCUT2D eigenvalue weighted by Gasteiger charge is -2.32. The SMILES string of the molecule is CCC(CC)N(CCC(=O)OC)CC1CCCO1. The van der Waals surface area contributed by atoms with Crippen LogP contribution < -0.4 is 0 Å². The molecule has 106 valence electrons. The zero-order valence-corrected chi connectivity index (χ0v) is 12.0. The molecule has 0 bridgehead atoms. The monoisotopic (exact) mass is 257 g/mol. The maximum Gasteiger partial charge on any atom is 0.306 e. The van der Waals surface area contributed by atoms with Crippen molar-refractivity contribution in [3.63, 3.8) is 0 Å². The zero-order chi connectivity index (χ0) is 13.4. The molecular formula is C14H27NO3. The molecule has 0 amide bonds. The molecule has 1 unspecified atom stereocenters. The van der Waals surface area contributed by atoms with Crippen LogP contribution in [0.4, 0.5) is 0 Å². The second-order valence-electron chi connectivity index (χ2n) is 4.93. The van der Waals surface area contributed by atoms with E-state index in [-0.39, 0.29) is 5.97 Å². The Morgan fingerprint density at radius 3 is 2.67 bits per heavy atom. The lowest BCUT2D eigenvalue weighted by molar-refractivity contribution is -0.141. The number of ether oxygens (including phenoxy) is 2. The number of esters is 1. The van der Waals surface area contributed by atoms with E-state index in [2.05, 4.69) is 18.7 Å². The van der Waals surface area contributed by atoms with Gasteiger partial charge >= 0.3 is 5.97 Å². The van der Waals surface area contributed by atoms with Gasteiger partial charge in [-0.1, -0.05) is 13.8 Å². The first kappa shape index (κ1) is 15.4. The van der Waals surface area contributed by atoms with Gasteiger partial charge in [-0.15, -0.1) is 0 Å². The van der Waals surface area contributed by atoms with E-state index in [4.69, 9.17) is 9.47 Å². The first-order valence-electron chi connectivity index (χ1n) is 7.13. The van der Waals surface area contributed by atoms with E-state index in [1.54, 1.807) is 0 Å². The minimum Gasteiger partial charge on any atom is -0.469 e. The predicted octanol–water partition coefficient (Wildman–Crippen LogP) is 2.22. The molecule has 1 rings (SSSR count). The van der Waals surface area contributed by atoms with E-state index in [1.807, 2.05) is 0 Å². The summed E-state index contributed by atoms with van der Waals surface area (Å²) in [5, 5.41) is 0. The van der Waals surface area contributed by atoms with Crippen molar-refractivity contribution in [2.24, 2.45) is 0 Å². The molecule has 1 atom stereocenters. The fourth-order valence-electron chi connectivity index (χ4n) is 2.61. The Hall–Kier alpha value is -0.610. The molecule has 1 fully saturated rings. The molecule has 0 radical (unpaired) electrons. The van der Waals surface area contributed by atoms with Crippen LogP contribution in [0.2, 0.25) is 0 Å².